The van der Waals surface area contributed by atoms with E-state index in [1.165, 1.54) is 32.3 Å². The number of hydrogen-bond donors (Lipinski definition) is 0. The maximum absolute atomic E-state index is 5.67. The maximum atomic E-state index is 5.67. The Bertz CT molecular complexity index is 1110. The van der Waals surface area contributed by atoms with E-state index in [0.29, 0.717) is 19.8 Å². The highest BCUT2D eigenvalue weighted by Gasteiger charge is 2.14. The van der Waals surface area contributed by atoms with Crippen molar-refractivity contribution in [3.63, 3.8) is 0 Å². The number of hydrogen-bond acceptors (Lipinski definition) is 6. The summed E-state index contributed by atoms with van der Waals surface area (Å²) in [5.74, 6) is 0. The van der Waals surface area contributed by atoms with Crippen molar-refractivity contribution in [3.05, 3.63) is 72.8 Å². The Labute approximate surface area is 269 Å². The molecule has 8 heteroatoms. The van der Waals surface area contributed by atoms with Gasteiger partial charge in [0, 0.05) is 39.6 Å². The van der Waals surface area contributed by atoms with Gasteiger partial charge in [0.2, 0.25) is 0 Å². The predicted octanol–water partition coefficient (Wildman–Crippen LogP) is 9.11. The lowest BCUT2D eigenvalue weighted by Crippen LogP contribution is -2.28. The average Bonchev–Trinajstić information content (AvgIpc) is 3.04. The van der Waals surface area contributed by atoms with Crippen LogP contribution in [-0.4, -0.2) is 58.7 Å². The van der Waals surface area contributed by atoms with Gasteiger partial charge in [-0.15, -0.1) is 0 Å². The molecule has 244 valence electrons. The van der Waals surface area contributed by atoms with E-state index in [4.69, 9.17) is 26.6 Å². The van der Waals surface area contributed by atoms with Gasteiger partial charge < -0.3 is 26.6 Å². The standard InChI is InChI=1S/C18H12.C12H28O3Si.C6H16O3Si/c1-2-6-14-10-18-12-16-8-4-3-7-15(16)11-17(18)9-13(14)5-1;1-4-7-10-13-16(14-11-8-5-2)15-12-9-6-3;1-4-7-10(8-5-2)9-6-3/h1-12H;16H,4-12H2,1-3H3;10H,4-6H2,1-3H3. The SMILES string of the molecule is CCCCO[SiH](OCCCC)OCCCC.CCO[SiH](OCC)OCC.c1ccc2cc3cc4ccccc4cc3cc2c1. The first kappa shape index (κ1) is 38.0. The van der Waals surface area contributed by atoms with Crippen molar-refractivity contribution in [2.45, 2.75) is 80.1 Å². The van der Waals surface area contributed by atoms with Crippen molar-refractivity contribution >= 4 is 51.4 Å². The van der Waals surface area contributed by atoms with E-state index in [1.807, 2.05) is 20.8 Å². The molecule has 0 saturated heterocycles. The molecule has 0 atom stereocenters. The fourth-order valence-corrected chi connectivity index (χ4v) is 6.77. The van der Waals surface area contributed by atoms with Gasteiger partial charge in [0.25, 0.3) is 0 Å². The molecule has 0 radical (unpaired) electrons. The third-order valence-corrected chi connectivity index (χ3v) is 10.1. The lowest BCUT2D eigenvalue weighted by atomic mass is 10.00. The summed E-state index contributed by atoms with van der Waals surface area (Å²) >= 11 is 0. The van der Waals surface area contributed by atoms with Gasteiger partial charge in [-0.1, -0.05) is 88.6 Å². The van der Waals surface area contributed by atoms with Crippen LogP contribution < -0.4 is 0 Å². The van der Waals surface area contributed by atoms with Gasteiger partial charge in [-0.05, 0) is 96.6 Å². The van der Waals surface area contributed by atoms with E-state index in [9.17, 15) is 0 Å². The number of rotatable bonds is 18. The molecule has 0 spiro atoms. The van der Waals surface area contributed by atoms with Crippen molar-refractivity contribution in [3.8, 4) is 0 Å². The van der Waals surface area contributed by atoms with Gasteiger partial charge in [-0.3, -0.25) is 0 Å². The van der Waals surface area contributed by atoms with E-state index in [0.717, 1.165) is 58.3 Å². The highest BCUT2D eigenvalue weighted by Crippen LogP contribution is 2.27. The molecule has 0 aliphatic heterocycles. The zero-order valence-corrected chi connectivity index (χ0v) is 30.3. The molecule has 0 unspecified atom stereocenters. The minimum absolute atomic E-state index is 0.677. The van der Waals surface area contributed by atoms with E-state index >= 15 is 0 Å². The Morgan fingerprint density at radius 3 is 0.909 bits per heavy atom. The lowest BCUT2D eigenvalue weighted by molar-refractivity contribution is 0.0898. The first-order valence-electron chi connectivity index (χ1n) is 16.6. The van der Waals surface area contributed by atoms with E-state index < -0.39 is 19.1 Å². The summed E-state index contributed by atoms with van der Waals surface area (Å²) in [7, 11) is -3.56. The smallest absolute Gasteiger partial charge is 0.376 e. The van der Waals surface area contributed by atoms with Crippen LogP contribution in [0.25, 0.3) is 32.3 Å². The summed E-state index contributed by atoms with van der Waals surface area (Å²) in [6, 6.07) is 26.2. The summed E-state index contributed by atoms with van der Waals surface area (Å²) in [5, 5.41) is 7.85. The topological polar surface area (TPSA) is 55.4 Å². The van der Waals surface area contributed by atoms with E-state index in [-0.39, 0.29) is 0 Å². The minimum Gasteiger partial charge on any atom is -0.376 e. The van der Waals surface area contributed by atoms with Crippen LogP contribution in [0.5, 0.6) is 0 Å². The molecule has 4 aromatic carbocycles. The molecule has 0 heterocycles. The van der Waals surface area contributed by atoms with Crippen LogP contribution in [0.1, 0.15) is 80.1 Å². The highest BCUT2D eigenvalue weighted by molar-refractivity contribution is 6.36. The highest BCUT2D eigenvalue weighted by atomic mass is 28.3. The Morgan fingerprint density at radius 2 is 0.659 bits per heavy atom. The lowest BCUT2D eigenvalue weighted by Gasteiger charge is -2.16. The van der Waals surface area contributed by atoms with Gasteiger partial charge in [0.05, 0.1) is 0 Å². The summed E-state index contributed by atoms with van der Waals surface area (Å²) in [4.78, 5) is 0. The number of unbranched alkanes of at least 4 members (excludes halogenated alkanes) is 3. The second-order valence-electron chi connectivity index (χ2n) is 10.4. The minimum atomic E-state index is -1.83. The van der Waals surface area contributed by atoms with Crippen molar-refractivity contribution in [1.29, 1.82) is 0 Å². The average molecular weight is 641 g/mol. The van der Waals surface area contributed by atoms with E-state index in [2.05, 4.69) is 93.6 Å². The second-order valence-corrected chi connectivity index (χ2v) is 13.5. The molecule has 6 nitrogen and oxygen atoms in total. The van der Waals surface area contributed by atoms with Crippen molar-refractivity contribution in [2.75, 3.05) is 39.6 Å². The summed E-state index contributed by atoms with van der Waals surface area (Å²) < 4.78 is 32.7. The van der Waals surface area contributed by atoms with Crippen LogP contribution >= 0.6 is 0 Å². The van der Waals surface area contributed by atoms with Crippen LogP contribution in [0.4, 0.5) is 0 Å². The summed E-state index contributed by atoms with van der Waals surface area (Å²) in [5.41, 5.74) is 0. The number of fused-ring (bicyclic) bond motifs is 3. The Morgan fingerprint density at radius 1 is 0.386 bits per heavy atom. The van der Waals surface area contributed by atoms with Crippen molar-refractivity contribution in [1.82, 2.24) is 0 Å². The van der Waals surface area contributed by atoms with Crippen LogP contribution in [-0.2, 0) is 26.6 Å². The molecular weight excluding hydrogens is 585 g/mol. The monoisotopic (exact) mass is 640 g/mol. The van der Waals surface area contributed by atoms with Gasteiger partial charge in [0.1, 0.15) is 0 Å². The van der Waals surface area contributed by atoms with Gasteiger partial charge in [0.15, 0.2) is 0 Å². The normalized spacial score (nSPS) is 11.2. The first-order chi connectivity index (χ1) is 21.6. The van der Waals surface area contributed by atoms with E-state index in [1.54, 1.807) is 0 Å². The van der Waals surface area contributed by atoms with Crippen LogP contribution in [0.15, 0.2) is 72.8 Å². The van der Waals surface area contributed by atoms with Crippen LogP contribution in [0, 0.1) is 0 Å². The molecule has 0 bridgehead atoms. The van der Waals surface area contributed by atoms with Crippen LogP contribution in [0.2, 0.25) is 0 Å². The van der Waals surface area contributed by atoms with Crippen molar-refractivity contribution in [2.24, 2.45) is 0 Å². The molecule has 4 rings (SSSR count). The first-order valence-corrected chi connectivity index (χ1v) is 19.4. The molecule has 0 saturated carbocycles. The van der Waals surface area contributed by atoms with Crippen LogP contribution in [0.3, 0.4) is 0 Å². The Balaban J connectivity index is 0.000000241. The molecular formula is C36H56O6Si2. The Kier molecular flexibility index (Phi) is 20.9. The second kappa shape index (κ2) is 24.1. The molecule has 44 heavy (non-hydrogen) atoms. The number of benzene rings is 4. The fraction of sp³-hybridized carbons (Fsp3) is 0.500. The largest absolute Gasteiger partial charge is 0.484 e. The van der Waals surface area contributed by atoms with Crippen molar-refractivity contribution < 1.29 is 26.6 Å². The van der Waals surface area contributed by atoms with Gasteiger partial charge >= 0.3 is 19.1 Å². The zero-order valence-electron chi connectivity index (χ0n) is 28.0. The predicted molar refractivity (Wildman–Crippen MR) is 191 cm³/mol. The zero-order chi connectivity index (χ0) is 31.8. The van der Waals surface area contributed by atoms with Gasteiger partial charge in [-0.2, -0.15) is 0 Å². The summed E-state index contributed by atoms with van der Waals surface area (Å²) in [6.45, 7) is 16.7. The molecule has 4 aromatic rings. The Hall–Kier alpha value is -2.15. The maximum Gasteiger partial charge on any atom is 0.484 e. The molecule has 0 fully saturated rings. The molecule has 0 aromatic heterocycles. The molecule has 0 aliphatic carbocycles. The molecule has 0 aliphatic rings. The fourth-order valence-electron chi connectivity index (χ4n) is 4.30. The third-order valence-electron chi connectivity index (χ3n) is 6.73. The summed E-state index contributed by atoms with van der Waals surface area (Å²) in [6.07, 6.45) is 6.76. The molecule has 0 N–H and O–H groups in total. The quantitative estimate of drug-likeness (QED) is 0.0614. The van der Waals surface area contributed by atoms with Gasteiger partial charge in [-0.25, -0.2) is 0 Å². The molecule has 0 amide bonds. The third kappa shape index (κ3) is 14.8.